The highest BCUT2D eigenvalue weighted by Crippen LogP contribution is 2.31. The fourth-order valence-corrected chi connectivity index (χ4v) is 3.60. The van der Waals surface area contributed by atoms with Crippen LogP contribution in [0.3, 0.4) is 0 Å². The van der Waals surface area contributed by atoms with Gasteiger partial charge in [-0.3, -0.25) is 4.79 Å². The topological polar surface area (TPSA) is 69.0 Å². The number of halogens is 1. The number of benzene rings is 2. The molecule has 0 bridgehead atoms. The molecule has 0 spiro atoms. The summed E-state index contributed by atoms with van der Waals surface area (Å²) in [6, 6.07) is 13.6. The average Bonchev–Trinajstić information content (AvgIpc) is 3.03. The number of ether oxygens (including phenoxy) is 1. The molecule has 146 valence electrons. The number of hydrogen-bond acceptors (Lipinski definition) is 5. The van der Waals surface area contributed by atoms with Gasteiger partial charge in [-0.2, -0.15) is 0 Å². The first-order valence-electron chi connectivity index (χ1n) is 8.68. The van der Waals surface area contributed by atoms with E-state index in [1.54, 1.807) is 19.2 Å². The molecule has 0 aliphatic rings. The van der Waals surface area contributed by atoms with Gasteiger partial charge < -0.3 is 14.6 Å². The molecule has 8 heteroatoms. The Hall–Kier alpha value is -2.51. The minimum atomic E-state index is -0.156. The van der Waals surface area contributed by atoms with Crippen LogP contribution in [0.2, 0.25) is 5.02 Å². The van der Waals surface area contributed by atoms with Gasteiger partial charge in [-0.1, -0.05) is 53.7 Å². The fourth-order valence-electron chi connectivity index (χ4n) is 2.66. The van der Waals surface area contributed by atoms with Gasteiger partial charge in [0.2, 0.25) is 5.91 Å². The van der Waals surface area contributed by atoms with Crippen molar-refractivity contribution in [1.82, 2.24) is 14.8 Å². The number of anilines is 1. The van der Waals surface area contributed by atoms with E-state index < -0.39 is 0 Å². The van der Waals surface area contributed by atoms with Crippen molar-refractivity contribution in [2.24, 2.45) is 0 Å². The van der Waals surface area contributed by atoms with Gasteiger partial charge in [0.1, 0.15) is 11.6 Å². The van der Waals surface area contributed by atoms with Crippen LogP contribution in [0.5, 0.6) is 5.75 Å². The predicted octanol–water partition coefficient (Wildman–Crippen LogP) is 4.34. The van der Waals surface area contributed by atoms with Crippen molar-refractivity contribution in [1.29, 1.82) is 0 Å². The number of hydrogen-bond donors (Lipinski definition) is 1. The second-order valence-electron chi connectivity index (χ2n) is 6.24. The molecule has 0 fully saturated rings. The number of amides is 1. The molecule has 1 heterocycles. The Morgan fingerprint density at radius 2 is 1.96 bits per heavy atom. The summed E-state index contributed by atoms with van der Waals surface area (Å²) in [7, 11) is 1.54. The summed E-state index contributed by atoms with van der Waals surface area (Å²) in [6.07, 6.45) is 0. The lowest BCUT2D eigenvalue weighted by Gasteiger charge is -2.12. The van der Waals surface area contributed by atoms with Crippen molar-refractivity contribution in [3.05, 3.63) is 64.4 Å². The van der Waals surface area contributed by atoms with E-state index in [4.69, 9.17) is 16.3 Å². The summed E-state index contributed by atoms with van der Waals surface area (Å²) in [5, 5.41) is 12.5. The number of carbonyl (C=O) groups excluding carboxylic acids is 1. The molecule has 0 unspecified atom stereocenters. The van der Waals surface area contributed by atoms with Crippen molar-refractivity contribution in [3.8, 4) is 5.75 Å². The summed E-state index contributed by atoms with van der Waals surface area (Å²) in [5.74, 6) is 1.38. The van der Waals surface area contributed by atoms with E-state index in [1.165, 1.54) is 11.8 Å². The number of rotatable bonds is 7. The first-order valence-corrected chi connectivity index (χ1v) is 10.0. The Morgan fingerprint density at radius 3 is 2.68 bits per heavy atom. The van der Waals surface area contributed by atoms with E-state index >= 15 is 0 Å². The van der Waals surface area contributed by atoms with Crippen LogP contribution < -0.4 is 10.1 Å². The Morgan fingerprint density at radius 1 is 1.21 bits per heavy atom. The first kappa shape index (κ1) is 20.2. The normalized spacial score (nSPS) is 10.7. The van der Waals surface area contributed by atoms with Gasteiger partial charge in [0, 0.05) is 11.1 Å². The molecule has 0 saturated heterocycles. The number of thioether (sulfide) groups is 1. The van der Waals surface area contributed by atoms with Crippen LogP contribution >= 0.6 is 23.4 Å². The Kier molecular flexibility index (Phi) is 6.59. The molecule has 0 aliphatic heterocycles. The molecular formula is C20H21ClN4O2S. The quantitative estimate of drug-likeness (QED) is 0.580. The number of methoxy groups -OCH3 is 1. The zero-order valence-corrected chi connectivity index (χ0v) is 17.5. The van der Waals surface area contributed by atoms with Crippen LogP contribution in [0.25, 0.3) is 0 Å². The zero-order chi connectivity index (χ0) is 20.1. The van der Waals surface area contributed by atoms with Gasteiger partial charge in [-0.25, -0.2) is 0 Å². The van der Waals surface area contributed by atoms with Gasteiger partial charge in [0.15, 0.2) is 5.16 Å². The van der Waals surface area contributed by atoms with E-state index in [-0.39, 0.29) is 11.7 Å². The molecule has 6 nitrogen and oxygen atoms in total. The molecule has 0 aliphatic carbocycles. The molecule has 1 N–H and O–H groups in total. The van der Waals surface area contributed by atoms with Crippen LogP contribution in [0, 0.1) is 13.8 Å². The maximum Gasteiger partial charge on any atom is 0.234 e. The van der Waals surface area contributed by atoms with Crippen LogP contribution in [-0.4, -0.2) is 33.5 Å². The molecule has 1 aromatic heterocycles. The Bertz CT molecular complexity index is 976. The van der Waals surface area contributed by atoms with Gasteiger partial charge in [-0.05, 0) is 31.0 Å². The summed E-state index contributed by atoms with van der Waals surface area (Å²) in [4.78, 5) is 12.4. The van der Waals surface area contributed by atoms with Crippen molar-refractivity contribution in [3.63, 3.8) is 0 Å². The van der Waals surface area contributed by atoms with E-state index in [2.05, 4.69) is 27.6 Å². The number of carbonyl (C=O) groups is 1. The zero-order valence-electron chi connectivity index (χ0n) is 15.9. The second kappa shape index (κ2) is 9.12. The van der Waals surface area contributed by atoms with Crippen molar-refractivity contribution < 1.29 is 9.53 Å². The lowest BCUT2D eigenvalue weighted by molar-refractivity contribution is -0.113. The molecule has 1 amide bonds. The van der Waals surface area contributed by atoms with Crippen molar-refractivity contribution in [2.45, 2.75) is 25.5 Å². The highest BCUT2D eigenvalue weighted by atomic mass is 35.5. The SMILES string of the molecule is COc1cc(Cl)c(C)cc1NC(=O)CSc1nnc(C)n1Cc1ccccc1. The minimum absolute atomic E-state index is 0.156. The summed E-state index contributed by atoms with van der Waals surface area (Å²) in [5.41, 5.74) is 2.61. The lowest BCUT2D eigenvalue weighted by Crippen LogP contribution is -2.15. The first-order chi connectivity index (χ1) is 13.5. The standard InChI is InChI=1S/C20H21ClN4O2S/c1-13-9-17(18(27-3)10-16(13)21)22-19(26)12-28-20-24-23-14(2)25(20)11-15-7-5-4-6-8-15/h4-10H,11-12H2,1-3H3,(H,22,26). The van der Waals surface area contributed by atoms with Crippen LogP contribution in [-0.2, 0) is 11.3 Å². The summed E-state index contributed by atoms with van der Waals surface area (Å²) in [6.45, 7) is 4.44. The van der Waals surface area contributed by atoms with Crippen LogP contribution in [0.1, 0.15) is 17.0 Å². The molecule has 2 aromatic carbocycles. The second-order valence-corrected chi connectivity index (χ2v) is 7.59. The van der Waals surface area contributed by atoms with Gasteiger partial charge >= 0.3 is 0 Å². The number of nitrogens with zero attached hydrogens (tertiary/aromatic N) is 3. The minimum Gasteiger partial charge on any atom is -0.495 e. The maximum atomic E-state index is 12.4. The third-order valence-electron chi connectivity index (χ3n) is 4.17. The monoisotopic (exact) mass is 416 g/mol. The fraction of sp³-hybridized carbons (Fsp3) is 0.250. The third-order valence-corrected chi connectivity index (χ3v) is 5.55. The molecule has 3 aromatic rings. The molecule has 3 rings (SSSR count). The number of aromatic nitrogens is 3. The maximum absolute atomic E-state index is 12.4. The van der Waals surface area contributed by atoms with E-state index in [0.717, 1.165) is 17.0 Å². The highest BCUT2D eigenvalue weighted by Gasteiger charge is 2.14. The van der Waals surface area contributed by atoms with Gasteiger partial charge in [-0.15, -0.1) is 10.2 Å². The van der Waals surface area contributed by atoms with Gasteiger partial charge in [0.05, 0.1) is 25.1 Å². The largest absolute Gasteiger partial charge is 0.495 e. The van der Waals surface area contributed by atoms with Gasteiger partial charge in [0.25, 0.3) is 0 Å². The van der Waals surface area contributed by atoms with E-state index in [0.29, 0.717) is 28.2 Å². The van der Waals surface area contributed by atoms with E-state index in [9.17, 15) is 4.79 Å². The molecule has 0 atom stereocenters. The van der Waals surface area contributed by atoms with E-state index in [1.807, 2.05) is 36.6 Å². The van der Waals surface area contributed by atoms with Crippen molar-refractivity contribution in [2.75, 3.05) is 18.2 Å². The van der Waals surface area contributed by atoms with Crippen molar-refractivity contribution >= 4 is 35.0 Å². The third kappa shape index (κ3) is 4.85. The van der Waals surface area contributed by atoms with Crippen LogP contribution in [0.4, 0.5) is 5.69 Å². The van der Waals surface area contributed by atoms with Crippen LogP contribution in [0.15, 0.2) is 47.6 Å². The molecule has 0 saturated carbocycles. The summed E-state index contributed by atoms with van der Waals surface area (Å²) < 4.78 is 7.30. The predicted molar refractivity (Wildman–Crippen MR) is 112 cm³/mol. The molecular weight excluding hydrogens is 396 g/mol. The smallest absolute Gasteiger partial charge is 0.234 e. The average molecular weight is 417 g/mol. The highest BCUT2D eigenvalue weighted by molar-refractivity contribution is 7.99. The molecule has 0 radical (unpaired) electrons. The number of aryl methyl sites for hydroxylation is 2. The Labute approximate surface area is 173 Å². The molecule has 28 heavy (non-hydrogen) atoms. The summed E-state index contributed by atoms with van der Waals surface area (Å²) >= 11 is 7.46. The Balaban J connectivity index is 1.67. The number of nitrogens with one attached hydrogen (secondary N) is 1. The lowest BCUT2D eigenvalue weighted by atomic mass is 10.2.